The molecule has 56 valence electrons. The van der Waals surface area contributed by atoms with E-state index < -0.39 is 7.04 Å². The lowest BCUT2D eigenvalue weighted by atomic mass is 10.7. The van der Waals surface area contributed by atoms with Gasteiger partial charge >= 0.3 is 0 Å². The quantitative estimate of drug-likeness (QED) is 0.480. The van der Waals surface area contributed by atoms with Gasteiger partial charge < -0.3 is 4.74 Å². The van der Waals surface area contributed by atoms with E-state index in [1.807, 2.05) is 6.92 Å². The normalized spacial score (nSPS) is 15.6. The van der Waals surface area contributed by atoms with Gasteiger partial charge in [-0.05, 0) is 20.3 Å². The Morgan fingerprint density at radius 3 is 2.11 bits per heavy atom. The Hall–Kier alpha value is 0.220. The second-order valence-electron chi connectivity index (χ2n) is 2.69. The summed E-state index contributed by atoms with van der Waals surface area (Å²) < 4.78 is 5.00. The van der Waals surface area contributed by atoms with Crippen LogP contribution in [0.25, 0.3) is 0 Å². The Bertz CT molecular complexity index is 118. The molecule has 0 bridgehead atoms. The zero-order valence-electron chi connectivity index (χ0n) is 6.64. The second-order valence-corrected chi connectivity index (χ2v) is 6.32. The van der Waals surface area contributed by atoms with Crippen molar-refractivity contribution in [1.29, 1.82) is 0 Å². The smallest absolute Gasteiger partial charge is 0.108 e. The average Bonchev–Trinajstić information content (AvgIpc) is 1.62. The molecule has 0 aliphatic carbocycles. The van der Waals surface area contributed by atoms with Crippen LogP contribution in [-0.2, 0) is 4.74 Å². The van der Waals surface area contributed by atoms with Gasteiger partial charge in [-0.15, -0.1) is 0 Å². The molecule has 0 aliphatic rings. The van der Waals surface area contributed by atoms with Crippen molar-refractivity contribution < 1.29 is 4.74 Å². The van der Waals surface area contributed by atoms with Gasteiger partial charge in [-0.25, -0.2) is 0 Å². The van der Waals surface area contributed by atoms with Gasteiger partial charge in [-0.3, -0.25) is 5.09 Å². The second kappa shape index (κ2) is 3.40. The summed E-state index contributed by atoms with van der Waals surface area (Å²) in [7, 11) is 0.574. The zero-order valence-corrected chi connectivity index (χ0v) is 7.53. The van der Waals surface area contributed by atoms with Crippen LogP contribution < -0.4 is 5.09 Å². The van der Waals surface area contributed by atoms with E-state index in [2.05, 4.69) is 24.7 Å². The molecule has 3 heteroatoms. The molecule has 0 aromatic carbocycles. The molecule has 0 fully saturated rings. The van der Waals surface area contributed by atoms with Crippen LogP contribution in [0.15, 0.2) is 0 Å². The first kappa shape index (κ1) is 9.22. The molecule has 0 unspecified atom stereocenters. The molecule has 9 heavy (non-hydrogen) atoms. The minimum atomic E-state index is -1.11. The van der Waals surface area contributed by atoms with Gasteiger partial charge in [0.1, 0.15) is 6.23 Å². The van der Waals surface area contributed by atoms with Crippen LogP contribution >= 0.6 is 7.04 Å². The van der Waals surface area contributed by atoms with Crippen molar-refractivity contribution in [3.8, 4) is 0 Å². The lowest BCUT2D eigenvalue weighted by molar-refractivity contribution is 0.111. The van der Waals surface area contributed by atoms with Gasteiger partial charge in [0.2, 0.25) is 0 Å². The van der Waals surface area contributed by atoms with Gasteiger partial charge in [0.25, 0.3) is 0 Å². The summed E-state index contributed by atoms with van der Waals surface area (Å²) in [4.78, 5) is 0. The highest BCUT2D eigenvalue weighted by atomic mass is 31.2. The van der Waals surface area contributed by atoms with E-state index in [-0.39, 0.29) is 6.23 Å². The minimum Gasteiger partial charge on any atom is -0.367 e. The number of ether oxygens (including phenoxy) is 1. The number of hydrogen-bond donors (Lipinski definition) is 1. The number of hydrogen-bond acceptors (Lipinski definition) is 2. The van der Waals surface area contributed by atoms with Crippen molar-refractivity contribution in [3.05, 3.63) is 0 Å². The van der Waals surface area contributed by atoms with Gasteiger partial charge in [-0.2, -0.15) is 0 Å². The molecule has 0 aromatic rings. The van der Waals surface area contributed by atoms with Gasteiger partial charge in [0.05, 0.1) is 0 Å². The molecular formula is C6H16NOP. The predicted octanol–water partition coefficient (Wildman–Crippen LogP) is 1.19. The number of methoxy groups -OCH3 is 1. The summed E-state index contributed by atoms with van der Waals surface area (Å²) in [5.74, 6) is 0. The van der Waals surface area contributed by atoms with E-state index in [4.69, 9.17) is 4.74 Å². The third kappa shape index (κ3) is 6.10. The first-order valence-corrected chi connectivity index (χ1v) is 5.81. The van der Waals surface area contributed by atoms with Crippen LogP contribution in [-0.4, -0.2) is 33.0 Å². The van der Waals surface area contributed by atoms with Gasteiger partial charge in [-0.1, -0.05) is 13.3 Å². The Morgan fingerprint density at radius 2 is 2.00 bits per heavy atom. The molecule has 2 nitrogen and oxygen atoms in total. The van der Waals surface area contributed by atoms with Crippen LogP contribution in [0.3, 0.4) is 0 Å². The Kier molecular flexibility index (Phi) is 3.49. The standard InChI is InChI=1S/C6H16NOP/c1-6(8-2)7-9(3,4)5/h6-7H,3H2,1-2,4-5H3/t6-/m0/s1. The molecular weight excluding hydrogens is 133 g/mol. The predicted molar refractivity (Wildman–Crippen MR) is 45.5 cm³/mol. The topological polar surface area (TPSA) is 21.3 Å². The minimum absolute atomic E-state index is 0.130. The van der Waals surface area contributed by atoms with E-state index in [0.717, 1.165) is 0 Å². The van der Waals surface area contributed by atoms with Gasteiger partial charge in [0, 0.05) is 7.11 Å². The summed E-state index contributed by atoms with van der Waals surface area (Å²) in [6, 6.07) is 0. The van der Waals surface area contributed by atoms with Crippen molar-refractivity contribution in [2.45, 2.75) is 13.2 Å². The average molecular weight is 149 g/mol. The highest BCUT2D eigenvalue weighted by Crippen LogP contribution is 2.29. The number of rotatable bonds is 3. The monoisotopic (exact) mass is 149 g/mol. The number of nitrogens with one attached hydrogen (secondary N) is 1. The summed E-state index contributed by atoms with van der Waals surface area (Å²) in [6.07, 6.45) is 4.11. The van der Waals surface area contributed by atoms with Crippen LogP contribution in [0.2, 0.25) is 0 Å². The van der Waals surface area contributed by atoms with Crippen LogP contribution in [0.5, 0.6) is 0 Å². The molecule has 0 rings (SSSR count). The van der Waals surface area contributed by atoms with E-state index >= 15 is 0 Å². The SMILES string of the molecule is C=P(C)(C)N[C@H](C)OC. The maximum absolute atomic E-state index is 5.00. The maximum atomic E-state index is 5.00. The fourth-order valence-electron chi connectivity index (χ4n) is 0.545. The van der Waals surface area contributed by atoms with Crippen LogP contribution in [0, 0.1) is 0 Å². The first-order valence-electron chi connectivity index (χ1n) is 2.94. The fraction of sp³-hybridized carbons (Fsp3) is 0.833. The van der Waals surface area contributed by atoms with Crippen molar-refractivity contribution in [1.82, 2.24) is 5.09 Å². The Balaban J connectivity index is 3.60. The highest BCUT2D eigenvalue weighted by molar-refractivity contribution is 7.70. The van der Waals surface area contributed by atoms with Crippen molar-refractivity contribution in [2.75, 3.05) is 20.4 Å². The lowest BCUT2D eigenvalue weighted by Gasteiger charge is -2.19. The van der Waals surface area contributed by atoms with Crippen molar-refractivity contribution >= 4 is 13.3 Å². The molecule has 0 amide bonds. The molecule has 1 N–H and O–H groups in total. The molecule has 0 radical (unpaired) electrons. The zero-order chi connectivity index (χ0) is 7.49. The molecule has 1 atom stereocenters. The molecule has 0 aliphatic heterocycles. The third-order valence-electron chi connectivity index (χ3n) is 0.885. The van der Waals surface area contributed by atoms with Crippen LogP contribution in [0.4, 0.5) is 0 Å². The summed E-state index contributed by atoms with van der Waals surface area (Å²) in [5.41, 5.74) is 0. The molecule has 0 saturated heterocycles. The summed E-state index contributed by atoms with van der Waals surface area (Å²) >= 11 is 0. The Morgan fingerprint density at radius 1 is 1.56 bits per heavy atom. The van der Waals surface area contributed by atoms with Crippen molar-refractivity contribution in [2.24, 2.45) is 0 Å². The summed E-state index contributed by atoms with van der Waals surface area (Å²) in [5, 5.41) is 3.25. The van der Waals surface area contributed by atoms with Crippen LogP contribution in [0.1, 0.15) is 6.92 Å². The molecule has 0 spiro atoms. The third-order valence-corrected chi connectivity index (χ3v) is 1.95. The van der Waals surface area contributed by atoms with E-state index in [0.29, 0.717) is 0 Å². The van der Waals surface area contributed by atoms with E-state index in [1.165, 1.54) is 0 Å². The molecule has 0 aromatic heterocycles. The van der Waals surface area contributed by atoms with Gasteiger partial charge in [0.15, 0.2) is 0 Å². The fourth-order valence-corrected chi connectivity index (χ4v) is 1.63. The molecule has 0 heterocycles. The summed E-state index contributed by atoms with van der Waals surface area (Å²) in [6.45, 7) is 6.21. The lowest BCUT2D eigenvalue weighted by Crippen LogP contribution is -2.23. The maximum Gasteiger partial charge on any atom is 0.108 e. The van der Waals surface area contributed by atoms with E-state index in [9.17, 15) is 0 Å². The largest absolute Gasteiger partial charge is 0.367 e. The Labute approximate surface area is 57.6 Å². The molecule has 0 saturated carbocycles. The first-order chi connectivity index (χ1) is 3.95. The highest BCUT2D eigenvalue weighted by Gasteiger charge is 2.02. The van der Waals surface area contributed by atoms with Crippen molar-refractivity contribution in [3.63, 3.8) is 0 Å². The van der Waals surface area contributed by atoms with E-state index in [1.54, 1.807) is 7.11 Å².